The molecule has 2 saturated carbocycles. The van der Waals surface area contributed by atoms with E-state index in [2.05, 4.69) is 10.3 Å². The van der Waals surface area contributed by atoms with Gasteiger partial charge >= 0.3 is 0 Å². The number of fused-ring (bicyclic) bond motifs is 1. The van der Waals surface area contributed by atoms with Crippen LogP contribution in [0.2, 0.25) is 0 Å². The highest BCUT2D eigenvalue weighted by molar-refractivity contribution is 5.92. The maximum Gasteiger partial charge on any atom is 0.273 e. The normalized spacial score (nSPS) is 30.2. The summed E-state index contributed by atoms with van der Waals surface area (Å²) >= 11 is 0. The van der Waals surface area contributed by atoms with Crippen LogP contribution in [0.3, 0.4) is 0 Å². The fourth-order valence-electron chi connectivity index (χ4n) is 3.53. The summed E-state index contributed by atoms with van der Waals surface area (Å²) in [6.07, 6.45) is 7.41. The van der Waals surface area contributed by atoms with Crippen LogP contribution in [0.1, 0.15) is 42.6 Å². The molecule has 4 heteroatoms. The number of hydrogen-bond donors (Lipinski definition) is 1. The second kappa shape index (κ2) is 4.67. The first kappa shape index (κ1) is 11.6. The van der Waals surface area contributed by atoms with Crippen LogP contribution in [0.4, 0.5) is 4.39 Å². The minimum Gasteiger partial charge on any atom is -0.348 e. The second-order valence-electron chi connectivity index (χ2n) is 5.35. The van der Waals surface area contributed by atoms with E-state index in [1.54, 1.807) is 0 Å². The highest BCUT2D eigenvalue weighted by Gasteiger charge is 2.39. The number of rotatable bonds is 2. The van der Waals surface area contributed by atoms with Crippen molar-refractivity contribution in [1.29, 1.82) is 0 Å². The van der Waals surface area contributed by atoms with Gasteiger partial charge in [-0.25, -0.2) is 9.37 Å². The van der Waals surface area contributed by atoms with Crippen molar-refractivity contribution in [1.82, 2.24) is 10.3 Å². The molecule has 0 aromatic carbocycles. The van der Waals surface area contributed by atoms with Crippen LogP contribution in [0.5, 0.6) is 0 Å². The molecule has 3 nitrogen and oxygen atoms in total. The Morgan fingerprint density at radius 2 is 2.22 bits per heavy atom. The van der Waals surface area contributed by atoms with Crippen molar-refractivity contribution >= 4 is 5.91 Å². The molecule has 0 spiro atoms. The van der Waals surface area contributed by atoms with Crippen LogP contribution in [0.15, 0.2) is 18.3 Å². The van der Waals surface area contributed by atoms with E-state index in [9.17, 15) is 9.18 Å². The summed E-state index contributed by atoms with van der Waals surface area (Å²) in [7, 11) is 0. The Hall–Kier alpha value is -1.45. The molecule has 0 aliphatic heterocycles. The van der Waals surface area contributed by atoms with Gasteiger partial charge in [-0.2, -0.15) is 0 Å². The van der Waals surface area contributed by atoms with Crippen LogP contribution >= 0.6 is 0 Å². The smallest absolute Gasteiger partial charge is 0.273 e. The molecule has 0 saturated heterocycles. The topological polar surface area (TPSA) is 42.0 Å². The summed E-state index contributed by atoms with van der Waals surface area (Å²) < 4.78 is 13.5. The molecule has 2 aliphatic carbocycles. The largest absolute Gasteiger partial charge is 0.348 e. The highest BCUT2D eigenvalue weighted by Crippen LogP contribution is 2.43. The van der Waals surface area contributed by atoms with Crippen molar-refractivity contribution in [3.63, 3.8) is 0 Å². The predicted molar refractivity (Wildman–Crippen MR) is 65.5 cm³/mol. The number of nitrogens with one attached hydrogen (secondary N) is 1. The third kappa shape index (κ3) is 2.00. The van der Waals surface area contributed by atoms with Gasteiger partial charge in [0, 0.05) is 12.2 Å². The van der Waals surface area contributed by atoms with Gasteiger partial charge in [0.1, 0.15) is 0 Å². The summed E-state index contributed by atoms with van der Waals surface area (Å²) in [5.41, 5.74) is -0.0843. The first-order valence-corrected chi connectivity index (χ1v) is 6.67. The van der Waals surface area contributed by atoms with Gasteiger partial charge in [0.15, 0.2) is 11.5 Å². The van der Waals surface area contributed by atoms with E-state index in [0.717, 1.165) is 12.3 Å². The van der Waals surface area contributed by atoms with Crippen molar-refractivity contribution in [3.8, 4) is 0 Å². The van der Waals surface area contributed by atoms with Crippen LogP contribution < -0.4 is 5.32 Å². The average Bonchev–Trinajstić information content (AvgIpc) is 2.94. The molecule has 18 heavy (non-hydrogen) atoms. The maximum atomic E-state index is 13.5. The summed E-state index contributed by atoms with van der Waals surface area (Å²) in [4.78, 5) is 15.8. The van der Waals surface area contributed by atoms with Crippen LogP contribution in [-0.2, 0) is 0 Å². The Balaban J connectivity index is 1.70. The first-order valence-electron chi connectivity index (χ1n) is 6.67. The summed E-state index contributed by atoms with van der Waals surface area (Å²) in [5, 5.41) is 2.97. The van der Waals surface area contributed by atoms with E-state index in [4.69, 9.17) is 0 Å². The number of pyridine rings is 1. The minimum absolute atomic E-state index is 0.0843. The molecular weight excluding hydrogens is 231 g/mol. The van der Waals surface area contributed by atoms with Crippen molar-refractivity contribution < 1.29 is 9.18 Å². The number of hydrogen-bond acceptors (Lipinski definition) is 2. The van der Waals surface area contributed by atoms with Gasteiger partial charge in [-0.1, -0.05) is 12.8 Å². The lowest BCUT2D eigenvalue weighted by Gasteiger charge is -2.19. The molecule has 1 N–H and O–H groups in total. The van der Waals surface area contributed by atoms with E-state index >= 15 is 0 Å². The van der Waals surface area contributed by atoms with Gasteiger partial charge in [-0.15, -0.1) is 0 Å². The molecular formula is C14H17FN2O. The standard InChI is InChI=1S/C14H17FN2O/c15-11-5-2-8-16-13(11)14(18)17-12-7-6-9-3-1-4-10(9)12/h2,5,8-10,12H,1,3-4,6-7H2,(H,17,18). The molecule has 3 unspecified atom stereocenters. The summed E-state index contributed by atoms with van der Waals surface area (Å²) in [6, 6.07) is 2.98. The van der Waals surface area contributed by atoms with Crippen molar-refractivity contribution in [2.75, 3.05) is 0 Å². The minimum atomic E-state index is -0.545. The van der Waals surface area contributed by atoms with E-state index < -0.39 is 5.82 Å². The fourth-order valence-corrected chi connectivity index (χ4v) is 3.53. The Morgan fingerprint density at radius 1 is 1.33 bits per heavy atom. The van der Waals surface area contributed by atoms with E-state index in [0.29, 0.717) is 5.92 Å². The molecule has 0 radical (unpaired) electrons. The number of aromatic nitrogens is 1. The number of nitrogens with zero attached hydrogens (tertiary/aromatic N) is 1. The monoisotopic (exact) mass is 248 g/mol. The average molecular weight is 248 g/mol. The number of halogens is 1. The van der Waals surface area contributed by atoms with Gasteiger partial charge in [0.25, 0.3) is 5.91 Å². The van der Waals surface area contributed by atoms with E-state index in [1.807, 2.05) is 0 Å². The SMILES string of the molecule is O=C(NC1CCC2CCCC21)c1ncccc1F. The summed E-state index contributed by atoms with van der Waals surface area (Å²) in [6.45, 7) is 0. The van der Waals surface area contributed by atoms with Crippen LogP contribution in [-0.4, -0.2) is 16.9 Å². The Kier molecular flexibility index (Phi) is 3.02. The third-order valence-corrected chi connectivity index (χ3v) is 4.37. The van der Waals surface area contributed by atoms with Crippen LogP contribution in [0.25, 0.3) is 0 Å². The Morgan fingerprint density at radius 3 is 3.06 bits per heavy atom. The zero-order chi connectivity index (χ0) is 12.5. The predicted octanol–water partition coefficient (Wildman–Crippen LogP) is 2.53. The molecule has 2 aliphatic rings. The molecule has 96 valence electrons. The molecule has 3 atom stereocenters. The highest BCUT2D eigenvalue weighted by atomic mass is 19.1. The maximum absolute atomic E-state index is 13.5. The van der Waals surface area contributed by atoms with Gasteiger partial charge in [-0.05, 0) is 43.2 Å². The molecule has 0 bridgehead atoms. The van der Waals surface area contributed by atoms with Crippen molar-refractivity contribution in [2.45, 2.75) is 38.1 Å². The molecule has 3 rings (SSSR count). The molecule has 2 fully saturated rings. The third-order valence-electron chi connectivity index (χ3n) is 4.37. The second-order valence-corrected chi connectivity index (χ2v) is 5.35. The molecule has 1 heterocycles. The summed E-state index contributed by atoms with van der Waals surface area (Å²) in [5.74, 6) is 0.450. The van der Waals surface area contributed by atoms with Gasteiger partial charge in [0.2, 0.25) is 0 Å². The fraction of sp³-hybridized carbons (Fsp3) is 0.571. The van der Waals surface area contributed by atoms with Crippen molar-refractivity contribution in [2.24, 2.45) is 11.8 Å². The van der Waals surface area contributed by atoms with Crippen LogP contribution in [0, 0.1) is 17.7 Å². The first-order chi connectivity index (χ1) is 8.75. The van der Waals surface area contributed by atoms with Gasteiger partial charge in [0.05, 0.1) is 0 Å². The van der Waals surface area contributed by atoms with Gasteiger partial charge < -0.3 is 5.32 Å². The lowest BCUT2D eigenvalue weighted by atomic mass is 9.97. The lowest BCUT2D eigenvalue weighted by Crippen LogP contribution is -2.38. The Bertz CT molecular complexity index is 463. The van der Waals surface area contributed by atoms with Gasteiger partial charge in [-0.3, -0.25) is 4.79 Å². The zero-order valence-corrected chi connectivity index (χ0v) is 10.2. The number of carbonyl (C=O) groups excluding carboxylic acids is 1. The number of carbonyl (C=O) groups is 1. The lowest BCUT2D eigenvalue weighted by molar-refractivity contribution is 0.0917. The van der Waals surface area contributed by atoms with E-state index in [-0.39, 0.29) is 17.6 Å². The van der Waals surface area contributed by atoms with E-state index in [1.165, 1.54) is 44.0 Å². The zero-order valence-electron chi connectivity index (χ0n) is 10.2. The molecule has 1 amide bonds. The molecule has 1 aromatic rings. The van der Waals surface area contributed by atoms with Crippen molar-refractivity contribution in [3.05, 3.63) is 29.8 Å². The molecule has 1 aromatic heterocycles. The number of amides is 1. The quantitative estimate of drug-likeness (QED) is 0.873. The Labute approximate surface area is 106 Å².